The Balaban J connectivity index is 2.55. The lowest BCUT2D eigenvalue weighted by atomic mass is 10.2. The van der Waals surface area contributed by atoms with Crippen LogP contribution in [0.5, 0.6) is 5.88 Å². The van der Waals surface area contributed by atoms with Crippen molar-refractivity contribution in [3.05, 3.63) is 36.0 Å². The largest absolute Gasteiger partial charge is 0.477 e. The second-order valence-corrected chi connectivity index (χ2v) is 3.89. The fraction of sp³-hybridized carbons (Fsp3) is 0.429. The van der Waals surface area contributed by atoms with Crippen molar-refractivity contribution in [2.75, 3.05) is 6.61 Å². The molecule has 0 spiro atoms. The van der Waals surface area contributed by atoms with Crippen molar-refractivity contribution in [1.82, 2.24) is 10.3 Å². The summed E-state index contributed by atoms with van der Waals surface area (Å²) >= 11 is 0. The van der Waals surface area contributed by atoms with Gasteiger partial charge in [-0.25, -0.2) is 4.98 Å². The van der Waals surface area contributed by atoms with E-state index in [-0.39, 0.29) is 5.91 Å². The summed E-state index contributed by atoms with van der Waals surface area (Å²) < 4.78 is 5.59. The van der Waals surface area contributed by atoms with E-state index in [1.807, 2.05) is 19.1 Å². The van der Waals surface area contributed by atoms with E-state index in [4.69, 9.17) is 4.74 Å². The fourth-order valence-corrected chi connectivity index (χ4v) is 1.39. The maximum absolute atomic E-state index is 11.3. The van der Waals surface area contributed by atoms with Crippen LogP contribution in [0.1, 0.15) is 32.3 Å². The number of hydrogen-bond donors (Lipinski definition) is 1. The van der Waals surface area contributed by atoms with Gasteiger partial charge in [0.1, 0.15) is 0 Å². The lowest BCUT2D eigenvalue weighted by Crippen LogP contribution is -2.20. The zero-order chi connectivity index (χ0) is 13.2. The predicted molar refractivity (Wildman–Crippen MR) is 71.3 cm³/mol. The summed E-state index contributed by atoms with van der Waals surface area (Å²) in [6.07, 6.45) is 6.98. The third kappa shape index (κ3) is 4.99. The minimum atomic E-state index is -0.110. The monoisotopic (exact) mass is 248 g/mol. The summed E-state index contributed by atoms with van der Waals surface area (Å²) in [5, 5.41) is 2.78. The van der Waals surface area contributed by atoms with E-state index in [2.05, 4.69) is 17.2 Å². The lowest BCUT2D eigenvalue weighted by Gasteiger charge is -2.09. The van der Waals surface area contributed by atoms with Crippen molar-refractivity contribution in [2.45, 2.75) is 33.2 Å². The molecule has 1 rings (SSSR count). The van der Waals surface area contributed by atoms with Crippen LogP contribution in [0.25, 0.3) is 0 Å². The Morgan fingerprint density at radius 2 is 2.39 bits per heavy atom. The van der Waals surface area contributed by atoms with E-state index in [9.17, 15) is 4.79 Å². The quantitative estimate of drug-likeness (QED) is 0.595. The number of hydrogen-bond acceptors (Lipinski definition) is 3. The lowest BCUT2D eigenvalue weighted by molar-refractivity contribution is -0.116. The fourth-order valence-electron chi connectivity index (χ4n) is 1.39. The van der Waals surface area contributed by atoms with Gasteiger partial charge in [-0.1, -0.05) is 25.5 Å². The molecule has 1 aromatic rings. The van der Waals surface area contributed by atoms with Gasteiger partial charge >= 0.3 is 0 Å². The Morgan fingerprint density at radius 3 is 3.11 bits per heavy atom. The van der Waals surface area contributed by atoms with Crippen molar-refractivity contribution in [1.29, 1.82) is 0 Å². The Kier molecular flexibility index (Phi) is 6.54. The van der Waals surface area contributed by atoms with E-state index in [0.717, 1.165) is 18.4 Å². The Hall–Kier alpha value is -1.84. The van der Waals surface area contributed by atoms with Crippen LogP contribution in [0, 0.1) is 0 Å². The second-order valence-electron chi connectivity index (χ2n) is 3.89. The van der Waals surface area contributed by atoms with Gasteiger partial charge in [-0.3, -0.25) is 4.79 Å². The average molecular weight is 248 g/mol. The molecule has 4 heteroatoms. The molecular formula is C14H20N2O2. The second kappa shape index (κ2) is 8.28. The molecule has 0 aliphatic carbocycles. The van der Waals surface area contributed by atoms with Crippen LogP contribution in [0.2, 0.25) is 0 Å². The van der Waals surface area contributed by atoms with Crippen molar-refractivity contribution >= 4 is 5.91 Å². The Morgan fingerprint density at radius 1 is 1.56 bits per heavy atom. The standard InChI is InChI=1S/C14H20N2O2/c1-3-5-10-18-14-12(8-6-9-15-14)11-16-13(17)7-4-2/h4,6-9H,3,5,10-11H2,1-2H3,(H,16,17). The topological polar surface area (TPSA) is 51.2 Å². The van der Waals surface area contributed by atoms with Gasteiger partial charge in [-0.15, -0.1) is 0 Å². The number of nitrogens with one attached hydrogen (secondary N) is 1. The molecule has 0 aliphatic rings. The molecule has 0 fully saturated rings. The van der Waals surface area contributed by atoms with E-state index in [1.165, 1.54) is 6.08 Å². The number of aromatic nitrogens is 1. The number of nitrogens with zero attached hydrogens (tertiary/aromatic N) is 1. The zero-order valence-electron chi connectivity index (χ0n) is 11.0. The Labute approximate surface area is 108 Å². The third-order valence-electron chi connectivity index (χ3n) is 2.36. The summed E-state index contributed by atoms with van der Waals surface area (Å²) in [4.78, 5) is 15.5. The molecule has 0 aromatic carbocycles. The molecule has 0 radical (unpaired) electrons. The van der Waals surface area contributed by atoms with Gasteiger partial charge in [-0.2, -0.15) is 0 Å². The molecule has 0 saturated heterocycles. The van der Waals surface area contributed by atoms with Gasteiger partial charge in [0.05, 0.1) is 6.61 Å². The minimum Gasteiger partial charge on any atom is -0.477 e. The van der Waals surface area contributed by atoms with Crippen LogP contribution in [-0.4, -0.2) is 17.5 Å². The molecule has 18 heavy (non-hydrogen) atoms. The smallest absolute Gasteiger partial charge is 0.243 e. The molecule has 1 heterocycles. The van der Waals surface area contributed by atoms with Crippen LogP contribution in [0.15, 0.2) is 30.5 Å². The van der Waals surface area contributed by atoms with Gasteiger partial charge in [-0.05, 0) is 25.5 Å². The summed E-state index contributed by atoms with van der Waals surface area (Å²) in [6, 6.07) is 3.74. The molecule has 0 bridgehead atoms. The highest BCUT2D eigenvalue weighted by Gasteiger charge is 2.05. The van der Waals surface area contributed by atoms with E-state index in [1.54, 1.807) is 12.3 Å². The van der Waals surface area contributed by atoms with Gasteiger partial charge in [0, 0.05) is 18.3 Å². The Bertz CT molecular complexity index is 403. The first-order chi connectivity index (χ1) is 8.77. The number of rotatable bonds is 7. The summed E-state index contributed by atoms with van der Waals surface area (Å²) in [5.41, 5.74) is 0.895. The summed E-state index contributed by atoms with van der Waals surface area (Å²) in [7, 11) is 0. The number of amides is 1. The summed E-state index contributed by atoms with van der Waals surface area (Å²) in [6.45, 7) is 5.00. The highest BCUT2D eigenvalue weighted by Crippen LogP contribution is 2.14. The van der Waals surface area contributed by atoms with E-state index < -0.39 is 0 Å². The van der Waals surface area contributed by atoms with Gasteiger partial charge < -0.3 is 10.1 Å². The first-order valence-electron chi connectivity index (χ1n) is 6.25. The number of pyridine rings is 1. The minimum absolute atomic E-state index is 0.110. The molecular weight excluding hydrogens is 228 g/mol. The van der Waals surface area contributed by atoms with Crippen LogP contribution < -0.4 is 10.1 Å². The van der Waals surface area contributed by atoms with Crippen LogP contribution >= 0.6 is 0 Å². The molecule has 1 amide bonds. The van der Waals surface area contributed by atoms with Crippen molar-refractivity contribution < 1.29 is 9.53 Å². The average Bonchev–Trinajstić information content (AvgIpc) is 2.38. The molecule has 0 unspecified atom stereocenters. The van der Waals surface area contributed by atoms with Crippen LogP contribution in [-0.2, 0) is 11.3 Å². The van der Waals surface area contributed by atoms with Gasteiger partial charge in [0.25, 0.3) is 0 Å². The highest BCUT2D eigenvalue weighted by atomic mass is 16.5. The number of carbonyl (C=O) groups is 1. The van der Waals surface area contributed by atoms with Crippen molar-refractivity contribution in [3.63, 3.8) is 0 Å². The molecule has 98 valence electrons. The van der Waals surface area contributed by atoms with Gasteiger partial charge in [0.15, 0.2) is 0 Å². The van der Waals surface area contributed by atoms with Crippen LogP contribution in [0.3, 0.4) is 0 Å². The zero-order valence-corrected chi connectivity index (χ0v) is 11.0. The van der Waals surface area contributed by atoms with E-state index >= 15 is 0 Å². The number of unbranched alkanes of at least 4 members (excludes halogenated alkanes) is 1. The maximum atomic E-state index is 11.3. The molecule has 0 aliphatic heterocycles. The maximum Gasteiger partial charge on any atom is 0.243 e. The predicted octanol–water partition coefficient (Wildman–Crippen LogP) is 2.45. The normalized spacial score (nSPS) is 10.6. The first kappa shape index (κ1) is 14.2. The SMILES string of the molecule is CC=CC(=O)NCc1cccnc1OCCCC. The molecule has 4 nitrogen and oxygen atoms in total. The molecule has 0 saturated carbocycles. The molecule has 1 aromatic heterocycles. The summed E-state index contributed by atoms with van der Waals surface area (Å²) in [5.74, 6) is 0.493. The number of carbonyl (C=O) groups excluding carboxylic acids is 1. The van der Waals surface area contributed by atoms with Crippen LogP contribution in [0.4, 0.5) is 0 Å². The highest BCUT2D eigenvalue weighted by molar-refractivity contribution is 5.87. The van der Waals surface area contributed by atoms with Crippen molar-refractivity contribution in [3.8, 4) is 5.88 Å². The number of ether oxygens (including phenoxy) is 1. The van der Waals surface area contributed by atoms with Crippen molar-refractivity contribution in [2.24, 2.45) is 0 Å². The molecule has 1 N–H and O–H groups in total. The van der Waals surface area contributed by atoms with Gasteiger partial charge in [0.2, 0.25) is 11.8 Å². The molecule has 0 atom stereocenters. The number of allylic oxidation sites excluding steroid dienone is 1. The van der Waals surface area contributed by atoms with E-state index in [0.29, 0.717) is 19.0 Å². The first-order valence-corrected chi connectivity index (χ1v) is 6.25. The third-order valence-corrected chi connectivity index (χ3v) is 2.36.